The number of aldehydes is 1. The summed E-state index contributed by atoms with van der Waals surface area (Å²) in [6.07, 6.45) is -2.42. The number of hydrogen-bond donors (Lipinski definition) is 2. The SMILES string of the molecule is CC.CC.CNC1C(C)(C)CC1(C)C.Cc1ccc(C=O)cc1.N#Cc1ccc(O)cc1C(F)(F)F. The molecule has 36 heavy (non-hydrogen) atoms. The van der Waals surface area contributed by atoms with Gasteiger partial charge in [0, 0.05) is 11.6 Å². The fraction of sp³-hybridized carbons (Fsp3) is 0.517. The fourth-order valence-electron chi connectivity index (χ4n) is 4.60. The number of aryl methyl sites for hydroxylation is 1. The Kier molecular flexibility index (Phi) is 15.7. The summed E-state index contributed by atoms with van der Waals surface area (Å²) >= 11 is 0. The van der Waals surface area contributed by atoms with Crippen molar-refractivity contribution in [1.29, 1.82) is 5.26 Å². The van der Waals surface area contributed by atoms with Crippen molar-refractivity contribution in [1.82, 2.24) is 5.32 Å². The molecule has 0 bridgehead atoms. The van der Waals surface area contributed by atoms with Gasteiger partial charge in [0.15, 0.2) is 0 Å². The van der Waals surface area contributed by atoms with E-state index in [4.69, 9.17) is 10.4 Å². The number of nitriles is 1. The van der Waals surface area contributed by atoms with Crippen LogP contribution in [0.4, 0.5) is 13.2 Å². The third-order valence-electron chi connectivity index (χ3n) is 5.41. The molecule has 0 saturated heterocycles. The number of phenols is 1. The number of carbonyl (C=O) groups is 1. The normalized spacial score (nSPS) is 14.8. The molecular weight excluding hydrogens is 465 g/mol. The van der Waals surface area contributed by atoms with E-state index in [1.54, 1.807) is 0 Å². The molecule has 2 aromatic rings. The summed E-state index contributed by atoms with van der Waals surface area (Å²) in [6.45, 7) is 19.3. The smallest absolute Gasteiger partial charge is 0.417 e. The number of benzene rings is 2. The van der Waals surface area contributed by atoms with E-state index < -0.39 is 23.1 Å². The molecule has 7 heteroatoms. The van der Waals surface area contributed by atoms with Gasteiger partial charge in [-0.15, -0.1) is 0 Å². The van der Waals surface area contributed by atoms with Crippen molar-refractivity contribution < 1.29 is 23.1 Å². The second kappa shape index (κ2) is 16.0. The molecule has 1 aliphatic rings. The molecule has 0 heterocycles. The van der Waals surface area contributed by atoms with Crippen molar-refractivity contribution in [2.45, 2.75) is 81.0 Å². The van der Waals surface area contributed by atoms with Crippen LogP contribution >= 0.6 is 0 Å². The van der Waals surface area contributed by atoms with Crippen LogP contribution in [0.25, 0.3) is 0 Å². The van der Waals surface area contributed by atoms with Crippen molar-refractivity contribution in [2.24, 2.45) is 10.8 Å². The Bertz CT molecular complexity index is 930. The molecule has 4 nitrogen and oxygen atoms in total. The molecule has 1 aliphatic carbocycles. The molecule has 202 valence electrons. The van der Waals surface area contributed by atoms with Crippen LogP contribution in [0, 0.1) is 29.1 Å². The van der Waals surface area contributed by atoms with Gasteiger partial charge in [-0.1, -0.05) is 85.2 Å². The summed E-state index contributed by atoms with van der Waals surface area (Å²) < 4.78 is 36.5. The highest BCUT2D eigenvalue weighted by Gasteiger charge is 2.51. The highest BCUT2D eigenvalue weighted by molar-refractivity contribution is 5.74. The summed E-state index contributed by atoms with van der Waals surface area (Å²) in [5, 5.41) is 20.5. The molecule has 2 aromatic carbocycles. The number of aromatic hydroxyl groups is 1. The zero-order chi connectivity index (χ0) is 28.7. The summed E-state index contributed by atoms with van der Waals surface area (Å²) in [6, 6.07) is 12.0. The monoisotopic (exact) mass is 508 g/mol. The van der Waals surface area contributed by atoms with Crippen LogP contribution in [0.1, 0.15) is 88.9 Å². The van der Waals surface area contributed by atoms with E-state index in [0.29, 0.717) is 22.9 Å². The molecule has 0 aromatic heterocycles. The van der Waals surface area contributed by atoms with Crippen molar-refractivity contribution in [3.63, 3.8) is 0 Å². The number of nitrogens with one attached hydrogen (secondary N) is 1. The lowest BCUT2D eigenvalue weighted by molar-refractivity contribution is -0.137. The van der Waals surface area contributed by atoms with E-state index in [-0.39, 0.29) is 0 Å². The van der Waals surface area contributed by atoms with Gasteiger partial charge >= 0.3 is 6.18 Å². The highest BCUT2D eigenvalue weighted by Crippen LogP contribution is 2.53. The molecule has 0 spiro atoms. The van der Waals surface area contributed by atoms with Crippen molar-refractivity contribution in [2.75, 3.05) is 7.05 Å². The van der Waals surface area contributed by atoms with Gasteiger partial charge in [-0.05, 0) is 49.4 Å². The van der Waals surface area contributed by atoms with E-state index in [1.807, 2.05) is 58.9 Å². The van der Waals surface area contributed by atoms with Gasteiger partial charge < -0.3 is 10.4 Å². The van der Waals surface area contributed by atoms with Crippen LogP contribution in [0.5, 0.6) is 5.75 Å². The molecule has 1 fully saturated rings. The number of halogens is 3. The van der Waals surface area contributed by atoms with Gasteiger partial charge in [0.2, 0.25) is 0 Å². The summed E-state index contributed by atoms with van der Waals surface area (Å²) in [7, 11) is 2.06. The van der Waals surface area contributed by atoms with Crippen molar-refractivity contribution in [3.05, 3.63) is 64.7 Å². The van der Waals surface area contributed by atoms with Crippen molar-refractivity contribution in [3.8, 4) is 11.8 Å². The van der Waals surface area contributed by atoms with Gasteiger partial charge in [0.1, 0.15) is 12.0 Å². The molecule has 3 rings (SSSR count). The van der Waals surface area contributed by atoms with E-state index in [1.165, 1.54) is 18.1 Å². The molecule has 0 unspecified atom stereocenters. The standard InChI is InChI=1S/C9H19N.C8H4F3NO.C8H8O.2C2H6/c1-8(2)6-9(3,4)7(8)10-5;9-8(10,11)7-3-6(13)2-1-5(7)4-12;1-7-2-4-8(6-9)5-3-7;2*1-2/h7,10H,6H2,1-5H3;1-3,13H;2-6H,1H3;2*1-2H3. The van der Waals surface area contributed by atoms with Crippen LogP contribution in [-0.4, -0.2) is 24.5 Å². The van der Waals surface area contributed by atoms with Crippen LogP contribution < -0.4 is 5.32 Å². The third kappa shape index (κ3) is 11.3. The van der Waals surface area contributed by atoms with Gasteiger partial charge in [-0.2, -0.15) is 18.4 Å². The Morgan fingerprint density at radius 2 is 1.47 bits per heavy atom. The maximum atomic E-state index is 12.2. The minimum Gasteiger partial charge on any atom is -0.508 e. The van der Waals surface area contributed by atoms with Gasteiger partial charge in [-0.25, -0.2) is 0 Å². The Balaban J connectivity index is 0. The maximum absolute atomic E-state index is 12.2. The average molecular weight is 509 g/mol. The van der Waals surface area contributed by atoms with E-state index in [0.717, 1.165) is 24.0 Å². The number of phenolic OH excluding ortho intramolecular Hbond substituents is 1. The lowest BCUT2D eigenvalue weighted by Gasteiger charge is -2.57. The largest absolute Gasteiger partial charge is 0.508 e. The number of nitrogens with zero attached hydrogens (tertiary/aromatic N) is 1. The zero-order valence-electron chi connectivity index (χ0n) is 23.3. The minimum absolute atomic E-state index is 0.495. The quantitative estimate of drug-likeness (QED) is 0.401. The predicted molar refractivity (Wildman–Crippen MR) is 142 cm³/mol. The van der Waals surface area contributed by atoms with E-state index in [9.17, 15) is 18.0 Å². The Morgan fingerprint density at radius 3 is 1.78 bits per heavy atom. The lowest BCUT2D eigenvalue weighted by atomic mass is 9.52. The molecule has 0 radical (unpaired) electrons. The first-order valence-corrected chi connectivity index (χ1v) is 12.2. The number of carbonyl (C=O) groups excluding carboxylic acids is 1. The van der Waals surface area contributed by atoms with Gasteiger partial charge in [0.25, 0.3) is 0 Å². The molecule has 0 atom stereocenters. The average Bonchev–Trinajstić information content (AvgIpc) is 2.81. The molecule has 2 N–H and O–H groups in total. The first-order valence-electron chi connectivity index (χ1n) is 12.2. The van der Waals surface area contributed by atoms with E-state index >= 15 is 0 Å². The fourth-order valence-corrected chi connectivity index (χ4v) is 4.60. The molecule has 0 aliphatic heterocycles. The Hall–Kier alpha value is -2.85. The van der Waals surface area contributed by atoms with Crippen LogP contribution in [0.3, 0.4) is 0 Å². The zero-order valence-corrected chi connectivity index (χ0v) is 23.3. The predicted octanol–water partition coefficient (Wildman–Crippen LogP) is 8.17. The van der Waals surface area contributed by atoms with Crippen LogP contribution in [0.2, 0.25) is 0 Å². The first-order chi connectivity index (χ1) is 16.7. The lowest BCUT2D eigenvalue weighted by Crippen LogP contribution is -2.61. The topological polar surface area (TPSA) is 73.1 Å². The summed E-state index contributed by atoms with van der Waals surface area (Å²) in [4.78, 5) is 10.1. The first kappa shape index (κ1) is 35.3. The third-order valence-corrected chi connectivity index (χ3v) is 5.41. The van der Waals surface area contributed by atoms with Gasteiger partial charge in [0.05, 0.1) is 17.2 Å². The van der Waals surface area contributed by atoms with Crippen LogP contribution in [0.15, 0.2) is 42.5 Å². The van der Waals surface area contributed by atoms with Crippen molar-refractivity contribution >= 4 is 6.29 Å². The minimum atomic E-state index is -4.61. The number of alkyl halides is 3. The maximum Gasteiger partial charge on any atom is 0.417 e. The van der Waals surface area contributed by atoms with E-state index in [2.05, 4.69) is 40.1 Å². The second-order valence-electron chi connectivity index (χ2n) is 9.24. The number of rotatable bonds is 2. The molecular formula is C29H43F3N2O2. The molecule has 1 saturated carbocycles. The van der Waals surface area contributed by atoms with Gasteiger partial charge in [-0.3, -0.25) is 4.79 Å². The number of hydrogen-bond acceptors (Lipinski definition) is 4. The second-order valence-corrected chi connectivity index (χ2v) is 9.24. The highest BCUT2D eigenvalue weighted by atomic mass is 19.4. The Labute approximate surface area is 215 Å². The van der Waals surface area contributed by atoms with Crippen LogP contribution in [-0.2, 0) is 6.18 Å². The molecule has 0 amide bonds. The summed E-state index contributed by atoms with van der Waals surface area (Å²) in [5.74, 6) is -0.508. The summed E-state index contributed by atoms with van der Waals surface area (Å²) in [5.41, 5.74) is 1.33. The Morgan fingerprint density at radius 1 is 1.00 bits per heavy atom.